The van der Waals surface area contributed by atoms with E-state index in [4.69, 9.17) is 16.3 Å². The Labute approximate surface area is 166 Å². The zero-order valence-corrected chi connectivity index (χ0v) is 16.4. The lowest BCUT2D eigenvalue weighted by Gasteiger charge is -2.27. The zero-order valence-electron chi connectivity index (χ0n) is 15.6. The molecular weight excluding hydrogens is 383 g/mol. The molecule has 0 spiro atoms. The summed E-state index contributed by atoms with van der Waals surface area (Å²) in [6.07, 6.45) is 3.46. The third-order valence-corrected chi connectivity index (χ3v) is 5.25. The van der Waals surface area contributed by atoms with Crippen molar-refractivity contribution in [2.45, 2.75) is 6.92 Å². The van der Waals surface area contributed by atoms with Crippen LogP contribution in [0.1, 0.15) is 15.9 Å². The Balaban J connectivity index is 1.74. The average Bonchev–Trinajstić information content (AvgIpc) is 3.09. The van der Waals surface area contributed by atoms with Crippen LogP contribution in [0.15, 0.2) is 30.6 Å². The van der Waals surface area contributed by atoms with Gasteiger partial charge in [0, 0.05) is 37.9 Å². The fourth-order valence-corrected chi connectivity index (χ4v) is 3.59. The number of carbonyl (C=O) groups is 1. The number of rotatable bonds is 3. The molecule has 2 aromatic heterocycles. The van der Waals surface area contributed by atoms with Gasteiger partial charge in [-0.25, -0.2) is 9.37 Å². The lowest BCUT2D eigenvalue weighted by atomic mass is 10.1. The highest BCUT2D eigenvalue weighted by Crippen LogP contribution is 2.32. The van der Waals surface area contributed by atoms with E-state index < -0.39 is 0 Å². The van der Waals surface area contributed by atoms with Crippen molar-refractivity contribution < 1.29 is 13.9 Å². The predicted octanol–water partition coefficient (Wildman–Crippen LogP) is 3.89. The van der Waals surface area contributed by atoms with Crippen molar-refractivity contribution >= 4 is 39.9 Å². The first-order valence-corrected chi connectivity index (χ1v) is 9.37. The number of morpholine rings is 1. The number of hydrogen-bond acceptors (Lipinski definition) is 4. The van der Waals surface area contributed by atoms with Crippen LogP contribution < -0.4 is 5.32 Å². The maximum Gasteiger partial charge on any atom is 0.257 e. The smallest absolute Gasteiger partial charge is 0.257 e. The molecule has 0 radical (unpaired) electrons. The largest absolute Gasteiger partial charge is 0.378 e. The monoisotopic (exact) mass is 402 g/mol. The molecular formula is C20H20ClFN4O2. The minimum absolute atomic E-state index is 0.0650. The van der Waals surface area contributed by atoms with Crippen LogP contribution in [0.3, 0.4) is 0 Å². The SMILES string of the molecule is Cc1cc(Nc2ncc(C(=O)N3CCOCC3)c3c2ccn3C)c(Cl)cc1F. The Bertz CT molecular complexity index is 1060. The van der Waals surface area contributed by atoms with Crippen LogP contribution in [0, 0.1) is 12.7 Å². The highest BCUT2D eigenvalue weighted by atomic mass is 35.5. The van der Waals surface area contributed by atoms with Crippen molar-refractivity contribution in [3.8, 4) is 0 Å². The Morgan fingerprint density at radius 3 is 2.82 bits per heavy atom. The van der Waals surface area contributed by atoms with E-state index in [0.29, 0.717) is 48.9 Å². The number of benzene rings is 1. The first-order chi connectivity index (χ1) is 13.5. The number of fused-ring (bicyclic) bond motifs is 1. The van der Waals surface area contributed by atoms with Gasteiger partial charge in [-0.1, -0.05) is 11.6 Å². The molecule has 1 aliphatic rings. The highest BCUT2D eigenvalue weighted by molar-refractivity contribution is 6.33. The Morgan fingerprint density at radius 2 is 2.07 bits per heavy atom. The average molecular weight is 403 g/mol. The molecule has 146 valence electrons. The summed E-state index contributed by atoms with van der Waals surface area (Å²) >= 11 is 6.18. The molecule has 3 heterocycles. The van der Waals surface area contributed by atoms with E-state index in [1.54, 1.807) is 24.1 Å². The van der Waals surface area contributed by atoms with Gasteiger partial charge in [0.2, 0.25) is 0 Å². The number of hydrogen-bond donors (Lipinski definition) is 1. The second-order valence-corrected chi connectivity index (χ2v) is 7.23. The van der Waals surface area contributed by atoms with Crippen LogP contribution in [0.5, 0.6) is 0 Å². The number of anilines is 2. The normalized spacial score (nSPS) is 14.5. The number of nitrogens with zero attached hydrogens (tertiary/aromatic N) is 3. The molecule has 1 N–H and O–H groups in total. The fraction of sp³-hybridized carbons (Fsp3) is 0.300. The summed E-state index contributed by atoms with van der Waals surface area (Å²) in [5.41, 5.74) is 2.36. The number of aryl methyl sites for hydroxylation is 2. The van der Waals surface area contributed by atoms with Gasteiger partial charge in [-0.2, -0.15) is 0 Å². The van der Waals surface area contributed by atoms with Gasteiger partial charge in [-0.15, -0.1) is 0 Å². The molecule has 1 amide bonds. The quantitative estimate of drug-likeness (QED) is 0.722. The fourth-order valence-electron chi connectivity index (χ4n) is 3.39. The predicted molar refractivity (Wildman–Crippen MR) is 107 cm³/mol. The summed E-state index contributed by atoms with van der Waals surface area (Å²) in [4.78, 5) is 19.3. The van der Waals surface area contributed by atoms with Gasteiger partial charge in [0.05, 0.1) is 35.0 Å². The molecule has 0 saturated carbocycles. The van der Waals surface area contributed by atoms with Gasteiger partial charge in [0.15, 0.2) is 0 Å². The molecule has 1 fully saturated rings. The maximum atomic E-state index is 13.7. The van der Waals surface area contributed by atoms with Crippen molar-refractivity contribution in [3.05, 3.63) is 52.6 Å². The van der Waals surface area contributed by atoms with E-state index >= 15 is 0 Å². The van der Waals surface area contributed by atoms with Gasteiger partial charge >= 0.3 is 0 Å². The van der Waals surface area contributed by atoms with Crippen LogP contribution in [0.4, 0.5) is 15.9 Å². The lowest BCUT2D eigenvalue weighted by Crippen LogP contribution is -2.40. The number of pyridine rings is 1. The minimum Gasteiger partial charge on any atom is -0.378 e. The van der Waals surface area contributed by atoms with E-state index in [0.717, 1.165) is 10.9 Å². The van der Waals surface area contributed by atoms with Crippen LogP contribution in [-0.4, -0.2) is 46.7 Å². The zero-order chi connectivity index (χ0) is 19.8. The maximum absolute atomic E-state index is 13.7. The molecule has 0 bridgehead atoms. The summed E-state index contributed by atoms with van der Waals surface area (Å²) in [7, 11) is 1.89. The second-order valence-electron chi connectivity index (χ2n) is 6.82. The molecule has 0 unspecified atom stereocenters. The van der Waals surface area contributed by atoms with Gasteiger partial charge in [-0.3, -0.25) is 4.79 Å². The van der Waals surface area contributed by atoms with Crippen LogP contribution in [0.2, 0.25) is 5.02 Å². The van der Waals surface area contributed by atoms with Crippen LogP contribution >= 0.6 is 11.6 Å². The molecule has 0 atom stereocenters. The Kier molecular flexibility index (Phi) is 4.95. The summed E-state index contributed by atoms with van der Waals surface area (Å²) in [5, 5.41) is 4.23. The molecule has 1 saturated heterocycles. The van der Waals surface area contributed by atoms with Gasteiger partial charge in [-0.05, 0) is 30.7 Å². The van der Waals surface area contributed by atoms with Gasteiger partial charge in [0.25, 0.3) is 5.91 Å². The van der Waals surface area contributed by atoms with Crippen molar-refractivity contribution in [3.63, 3.8) is 0 Å². The first-order valence-electron chi connectivity index (χ1n) is 8.99. The van der Waals surface area contributed by atoms with E-state index in [1.165, 1.54) is 6.07 Å². The highest BCUT2D eigenvalue weighted by Gasteiger charge is 2.23. The molecule has 8 heteroatoms. The van der Waals surface area contributed by atoms with E-state index in [-0.39, 0.29) is 16.7 Å². The van der Waals surface area contributed by atoms with Gasteiger partial charge < -0.3 is 19.5 Å². The second kappa shape index (κ2) is 7.41. The molecule has 6 nitrogen and oxygen atoms in total. The Morgan fingerprint density at radius 1 is 1.32 bits per heavy atom. The summed E-state index contributed by atoms with van der Waals surface area (Å²) < 4.78 is 20.9. The van der Waals surface area contributed by atoms with E-state index in [1.807, 2.05) is 23.9 Å². The van der Waals surface area contributed by atoms with Crippen molar-refractivity contribution in [2.75, 3.05) is 31.6 Å². The molecule has 1 aromatic carbocycles. The molecule has 4 rings (SSSR count). The third kappa shape index (κ3) is 3.31. The topological polar surface area (TPSA) is 59.4 Å². The van der Waals surface area contributed by atoms with Crippen molar-refractivity contribution in [2.24, 2.45) is 7.05 Å². The molecule has 3 aromatic rings. The number of ether oxygens (including phenoxy) is 1. The number of aromatic nitrogens is 2. The van der Waals surface area contributed by atoms with Gasteiger partial charge in [0.1, 0.15) is 11.6 Å². The van der Waals surface area contributed by atoms with E-state index in [9.17, 15) is 9.18 Å². The summed E-state index contributed by atoms with van der Waals surface area (Å²) in [5.74, 6) is 0.131. The summed E-state index contributed by atoms with van der Waals surface area (Å²) in [6.45, 7) is 3.88. The number of amides is 1. The lowest BCUT2D eigenvalue weighted by molar-refractivity contribution is 0.0303. The molecule has 1 aliphatic heterocycles. The van der Waals surface area contributed by atoms with Crippen LogP contribution in [0.25, 0.3) is 10.9 Å². The molecule has 0 aliphatic carbocycles. The minimum atomic E-state index is -0.361. The van der Waals surface area contributed by atoms with Crippen molar-refractivity contribution in [1.29, 1.82) is 0 Å². The number of nitrogens with one attached hydrogen (secondary N) is 1. The molecule has 28 heavy (non-hydrogen) atoms. The van der Waals surface area contributed by atoms with E-state index in [2.05, 4.69) is 10.3 Å². The standard InChI is InChI=1S/C20H20ClFN4O2/c1-12-9-17(15(21)10-16(12)22)24-19-13-3-4-25(2)18(13)14(11-23-19)20(27)26-5-7-28-8-6-26/h3-4,9-11H,5-8H2,1-2H3,(H,23,24). The van der Waals surface area contributed by atoms with Crippen molar-refractivity contribution in [1.82, 2.24) is 14.5 Å². The first kappa shape index (κ1) is 18.7. The summed E-state index contributed by atoms with van der Waals surface area (Å²) in [6, 6.07) is 4.81. The third-order valence-electron chi connectivity index (χ3n) is 4.94. The number of carbonyl (C=O) groups excluding carboxylic acids is 1. The van der Waals surface area contributed by atoms with Crippen LogP contribution in [-0.2, 0) is 11.8 Å². The Hall–Kier alpha value is -2.64. The number of halogens is 2.